The molecule has 0 aliphatic heterocycles. The number of aromatic nitrogens is 2. The summed E-state index contributed by atoms with van der Waals surface area (Å²) < 4.78 is 2.30. The van der Waals surface area contributed by atoms with Gasteiger partial charge in [0.25, 0.3) is 0 Å². The summed E-state index contributed by atoms with van der Waals surface area (Å²) in [4.78, 5) is 4.99. The Morgan fingerprint density at radius 2 is 1.43 bits per heavy atom. The van der Waals surface area contributed by atoms with E-state index in [0.29, 0.717) is 0 Å². The monoisotopic (exact) mass is 392 g/mol. The van der Waals surface area contributed by atoms with Crippen LogP contribution in [0.3, 0.4) is 0 Å². The van der Waals surface area contributed by atoms with Gasteiger partial charge in [-0.2, -0.15) is 0 Å². The van der Waals surface area contributed by atoms with Crippen LogP contribution in [0.2, 0.25) is 0 Å². The van der Waals surface area contributed by atoms with Gasteiger partial charge in [-0.25, -0.2) is 4.98 Å². The summed E-state index contributed by atoms with van der Waals surface area (Å²) in [5.74, 6) is 0. The summed E-state index contributed by atoms with van der Waals surface area (Å²) in [7, 11) is 1.96. The smallest absolute Gasteiger partial charge is 0.239 e. The minimum absolute atomic E-state index is 0. The number of aryl methyl sites for hydroxylation is 2. The lowest BCUT2D eigenvalue weighted by Gasteiger charge is -2.12. The molecular formula is C23H25ClN4. The van der Waals surface area contributed by atoms with E-state index in [4.69, 9.17) is 4.98 Å². The van der Waals surface area contributed by atoms with E-state index < -0.39 is 0 Å². The summed E-state index contributed by atoms with van der Waals surface area (Å²) >= 11 is 0. The fourth-order valence-electron chi connectivity index (χ4n) is 3.66. The predicted molar refractivity (Wildman–Crippen MR) is 114 cm³/mol. The van der Waals surface area contributed by atoms with Crippen LogP contribution in [0.15, 0.2) is 54.6 Å². The van der Waals surface area contributed by atoms with E-state index in [1.807, 2.05) is 13.1 Å². The molecule has 0 unspecified atom stereocenters. The van der Waals surface area contributed by atoms with Gasteiger partial charge in [-0.05, 0) is 44.0 Å². The third kappa shape index (κ3) is 3.36. The number of hydrogen-bond donors (Lipinski definition) is 2. The lowest BCUT2D eigenvalue weighted by molar-refractivity contribution is -0.538. The molecule has 4 nitrogen and oxygen atoms in total. The number of fused-ring (bicyclic) bond motifs is 2. The highest BCUT2D eigenvalue weighted by Gasteiger charge is 2.21. The first-order valence-electron chi connectivity index (χ1n) is 9.40. The first kappa shape index (κ1) is 19.9. The maximum atomic E-state index is 4.99. The molecule has 144 valence electrons. The number of nitrogens with one attached hydrogen (secondary N) is 2. The van der Waals surface area contributed by atoms with Crippen molar-refractivity contribution in [2.24, 2.45) is 0 Å². The van der Waals surface area contributed by atoms with Crippen molar-refractivity contribution in [2.45, 2.75) is 20.8 Å². The largest absolute Gasteiger partial charge is 1.00 e. The van der Waals surface area contributed by atoms with Crippen molar-refractivity contribution in [1.29, 1.82) is 0 Å². The molecule has 0 saturated carbocycles. The number of para-hydroxylation sites is 1. The Morgan fingerprint density at radius 1 is 0.857 bits per heavy atom. The van der Waals surface area contributed by atoms with E-state index >= 15 is 0 Å². The quantitative estimate of drug-likeness (QED) is 0.411. The van der Waals surface area contributed by atoms with Gasteiger partial charge in [0, 0.05) is 49.2 Å². The maximum absolute atomic E-state index is 4.99. The molecule has 4 rings (SSSR count). The number of hydrogen-bond acceptors (Lipinski definition) is 3. The van der Waals surface area contributed by atoms with Crippen LogP contribution in [-0.4, -0.2) is 18.6 Å². The molecule has 28 heavy (non-hydrogen) atoms. The highest BCUT2D eigenvalue weighted by atomic mass is 35.5. The molecule has 2 N–H and O–H groups in total. The molecule has 4 aromatic rings. The Labute approximate surface area is 172 Å². The molecule has 5 heteroatoms. The number of nitrogens with zero attached hydrogens (tertiary/aromatic N) is 2. The standard InChI is InChI=1S/C23H24N4.ClH/c1-5-25-19-14-23-21(12-16(19)3)26-20-11-15(2)18(24-4)13-22(20)27(23)17-9-7-6-8-10-17;/h6-14H,5H2,1-4H3,(H,24,25);1H. The van der Waals surface area contributed by atoms with E-state index in [0.717, 1.165) is 45.7 Å². The Hall–Kier alpha value is -2.85. The number of rotatable bonds is 4. The second kappa shape index (κ2) is 8.03. The van der Waals surface area contributed by atoms with Crippen molar-refractivity contribution in [2.75, 3.05) is 24.2 Å². The summed E-state index contributed by atoms with van der Waals surface area (Å²) in [5.41, 5.74) is 9.99. The molecule has 0 bridgehead atoms. The molecule has 3 aromatic carbocycles. The van der Waals surface area contributed by atoms with Gasteiger partial charge in [-0.3, -0.25) is 0 Å². The van der Waals surface area contributed by atoms with Gasteiger partial charge in [-0.1, -0.05) is 18.2 Å². The van der Waals surface area contributed by atoms with Crippen molar-refractivity contribution in [3.05, 3.63) is 65.7 Å². The first-order valence-corrected chi connectivity index (χ1v) is 9.40. The summed E-state index contributed by atoms with van der Waals surface area (Å²) in [5, 5.41) is 6.77. The molecule has 0 fully saturated rings. The van der Waals surface area contributed by atoms with Crippen molar-refractivity contribution in [3.8, 4) is 5.69 Å². The lowest BCUT2D eigenvalue weighted by Crippen LogP contribution is -3.00. The van der Waals surface area contributed by atoms with Crippen LogP contribution >= 0.6 is 0 Å². The minimum Gasteiger partial charge on any atom is -1.00 e. The Balaban J connectivity index is 0.00000225. The van der Waals surface area contributed by atoms with Crippen LogP contribution in [-0.2, 0) is 0 Å². The van der Waals surface area contributed by atoms with Gasteiger partial charge in [0.05, 0.1) is 0 Å². The predicted octanol–water partition coefficient (Wildman–Crippen LogP) is 1.76. The third-order valence-corrected chi connectivity index (χ3v) is 5.02. The Morgan fingerprint density at radius 3 is 2.00 bits per heavy atom. The van der Waals surface area contributed by atoms with E-state index in [1.54, 1.807) is 0 Å². The molecule has 0 aliphatic carbocycles. The van der Waals surface area contributed by atoms with Gasteiger partial charge in [0.2, 0.25) is 16.7 Å². The van der Waals surface area contributed by atoms with Crippen LogP contribution in [0, 0.1) is 13.8 Å². The molecule has 0 amide bonds. The second-order valence-corrected chi connectivity index (χ2v) is 6.87. The first-order chi connectivity index (χ1) is 13.1. The SMILES string of the molecule is CCNc1cc2c(cc1C)nc1cc(C)c(NC)cc1[n+]2-c1ccccc1.[Cl-]. The molecule has 0 aliphatic rings. The molecule has 1 aromatic heterocycles. The number of halogens is 1. The fraction of sp³-hybridized carbons (Fsp3) is 0.217. The normalized spacial score (nSPS) is 10.7. The summed E-state index contributed by atoms with van der Waals surface area (Å²) in [6.07, 6.45) is 0. The van der Waals surface area contributed by atoms with Gasteiger partial charge in [-0.15, -0.1) is 4.57 Å². The highest BCUT2D eigenvalue weighted by Crippen LogP contribution is 2.26. The van der Waals surface area contributed by atoms with Gasteiger partial charge < -0.3 is 23.0 Å². The Bertz CT molecular complexity index is 1140. The lowest BCUT2D eigenvalue weighted by atomic mass is 10.1. The second-order valence-electron chi connectivity index (χ2n) is 6.87. The maximum Gasteiger partial charge on any atom is 0.239 e. The van der Waals surface area contributed by atoms with Crippen LogP contribution < -0.4 is 27.6 Å². The molecule has 0 atom stereocenters. The van der Waals surface area contributed by atoms with E-state index in [2.05, 4.69) is 84.5 Å². The fourth-order valence-corrected chi connectivity index (χ4v) is 3.66. The zero-order valence-electron chi connectivity index (χ0n) is 16.7. The number of anilines is 2. The van der Waals surface area contributed by atoms with Crippen LogP contribution in [0.4, 0.5) is 11.4 Å². The third-order valence-electron chi connectivity index (χ3n) is 5.02. The minimum atomic E-state index is 0. The van der Waals surface area contributed by atoms with E-state index in [1.165, 1.54) is 11.1 Å². The van der Waals surface area contributed by atoms with Crippen LogP contribution in [0.25, 0.3) is 27.8 Å². The number of benzene rings is 3. The van der Waals surface area contributed by atoms with Crippen molar-refractivity contribution in [1.82, 2.24) is 4.98 Å². The summed E-state index contributed by atoms with van der Waals surface area (Å²) in [6.45, 7) is 7.26. The Kier molecular flexibility index (Phi) is 5.71. The molecular weight excluding hydrogens is 368 g/mol. The van der Waals surface area contributed by atoms with Crippen molar-refractivity contribution < 1.29 is 17.0 Å². The highest BCUT2D eigenvalue weighted by molar-refractivity contribution is 5.87. The molecule has 1 heterocycles. The van der Waals surface area contributed by atoms with E-state index in [-0.39, 0.29) is 12.4 Å². The van der Waals surface area contributed by atoms with Crippen molar-refractivity contribution in [3.63, 3.8) is 0 Å². The van der Waals surface area contributed by atoms with Gasteiger partial charge in [0.1, 0.15) is 11.0 Å². The zero-order valence-corrected chi connectivity index (χ0v) is 17.4. The van der Waals surface area contributed by atoms with Crippen LogP contribution in [0.5, 0.6) is 0 Å². The molecule has 0 radical (unpaired) electrons. The average Bonchev–Trinajstić information content (AvgIpc) is 2.67. The van der Waals surface area contributed by atoms with E-state index in [9.17, 15) is 0 Å². The van der Waals surface area contributed by atoms with Crippen molar-refractivity contribution >= 4 is 33.4 Å². The summed E-state index contributed by atoms with van der Waals surface area (Å²) in [6, 6.07) is 19.2. The van der Waals surface area contributed by atoms with Gasteiger partial charge >= 0.3 is 0 Å². The van der Waals surface area contributed by atoms with Gasteiger partial charge in [0.15, 0.2) is 0 Å². The molecule has 0 saturated heterocycles. The van der Waals surface area contributed by atoms with Crippen LogP contribution in [0.1, 0.15) is 18.1 Å². The average molecular weight is 393 g/mol. The topological polar surface area (TPSA) is 40.8 Å². The zero-order chi connectivity index (χ0) is 19.0. The molecule has 0 spiro atoms.